The van der Waals surface area contributed by atoms with Crippen LogP contribution in [0.3, 0.4) is 0 Å². The van der Waals surface area contributed by atoms with Crippen LogP contribution in [0.1, 0.15) is 5.56 Å². The Morgan fingerprint density at radius 1 is 1.23 bits per heavy atom. The van der Waals surface area contributed by atoms with Gasteiger partial charge >= 0.3 is 0 Å². The zero-order chi connectivity index (χ0) is 15.5. The Kier molecular flexibility index (Phi) is 4.47. The number of hydrogen-bond donors (Lipinski definition) is 1. The molecular formula is C15H11Cl2N3OS. The first kappa shape index (κ1) is 15.1. The number of methoxy groups -OCH3 is 1. The minimum atomic E-state index is 0.441. The lowest BCUT2D eigenvalue weighted by Gasteiger charge is -2.06. The van der Waals surface area contributed by atoms with E-state index in [4.69, 9.17) is 27.9 Å². The second-order valence-electron chi connectivity index (χ2n) is 4.37. The van der Waals surface area contributed by atoms with E-state index in [1.165, 1.54) is 18.4 Å². The molecule has 1 N–H and O–H groups in total. The second kappa shape index (κ2) is 6.52. The SMILES string of the molecule is COc1c(Cl)cc(/C=N\Nc2nc3ccccc3s2)cc1Cl. The van der Waals surface area contributed by atoms with Crippen molar-refractivity contribution in [2.75, 3.05) is 12.5 Å². The molecule has 0 aliphatic rings. The lowest BCUT2D eigenvalue weighted by atomic mass is 10.2. The third-order valence-corrected chi connectivity index (χ3v) is 4.39. The minimum absolute atomic E-state index is 0.441. The molecule has 0 amide bonds. The maximum atomic E-state index is 6.08. The summed E-state index contributed by atoms with van der Waals surface area (Å²) in [4.78, 5) is 4.43. The Balaban J connectivity index is 1.77. The van der Waals surface area contributed by atoms with Crippen molar-refractivity contribution >= 4 is 56.1 Å². The van der Waals surface area contributed by atoms with E-state index in [9.17, 15) is 0 Å². The van der Waals surface area contributed by atoms with Crippen LogP contribution in [0, 0.1) is 0 Å². The summed E-state index contributed by atoms with van der Waals surface area (Å²) >= 11 is 13.7. The molecule has 0 unspecified atom stereocenters. The molecule has 0 saturated heterocycles. The molecule has 0 fully saturated rings. The van der Waals surface area contributed by atoms with Gasteiger partial charge in [0.1, 0.15) is 0 Å². The number of nitrogens with one attached hydrogen (secondary N) is 1. The third-order valence-electron chi connectivity index (χ3n) is 2.89. The summed E-state index contributed by atoms with van der Waals surface area (Å²) < 4.78 is 6.21. The van der Waals surface area contributed by atoms with Gasteiger partial charge in [0.25, 0.3) is 0 Å². The topological polar surface area (TPSA) is 46.5 Å². The van der Waals surface area contributed by atoms with E-state index in [1.54, 1.807) is 18.3 Å². The van der Waals surface area contributed by atoms with Crippen LogP contribution in [0.4, 0.5) is 5.13 Å². The number of anilines is 1. The molecule has 0 aliphatic heterocycles. The van der Waals surface area contributed by atoms with E-state index in [0.717, 1.165) is 20.9 Å². The Hall–Kier alpha value is -1.82. The van der Waals surface area contributed by atoms with Crippen molar-refractivity contribution in [1.29, 1.82) is 0 Å². The van der Waals surface area contributed by atoms with Crippen LogP contribution in [-0.4, -0.2) is 18.3 Å². The van der Waals surface area contributed by atoms with Gasteiger partial charge in [0, 0.05) is 0 Å². The lowest BCUT2D eigenvalue weighted by molar-refractivity contribution is 0.415. The molecule has 3 aromatic rings. The Morgan fingerprint density at radius 2 is 1.95 bits per heavy atom. The maximum absolute atomic E-state index is 6.08. The number of nitrogens with zero attached hydrogens (tertiary/aromatic N) is 2. The molecule has 0 aliphatic carbocycles. The normalized spacial score (nSPS) is 11.2. The molecule has 0 radical (unpaired) electrons. The van der Waals surface area contributed by atoms with Crippen LogP contribution >= 0.6 is 34.5 Å². The summed E-state index contributed by atoms with van der Waals surface area (Å²) in [7, 11) is 1.52. The predicted molar refractivity (Wildman–Crippen MR) is 93.9 cm³/mol. The van der Waals surface area contributed by atoms with Gasteiger partial charge in [-0.1, -0.05) is 46.7 Å². The summed E-state index contributed by atoms with van der Waals surface area (Å²) in [6, 6.07) is 11.4. The molecule has 112 valence electrons. The molecule has 3 rings (SSSR count). The Labute approximate surface area is 141 Å². The van der Waals surface area contributed by atoms with E-state index in [2.05, 4.69) is 15.5 Å². The zero-order valence-electron chi connectivity index (χ0n) is 11.5. The van der Waals surface area contributed by atoms with Gasteiger partial charge in [0.2, 0.25) is 5.13 Å². The monoisotopic (exact) mass is 351 g/mol. The molecule has 1 aromatic heterocycles. The standard InChI is InChI=1S/C15H11Cl2N3OS/c1-21-14-10(16)6-9(7-11(14)17)8-18-20-15-19-12-4-2-3-5-13(12)22-15/h2-8H,1H3,(H,19,20)/b18-8-. The van der Waals surface area contributed by atoms with Gasteiger partial charge in [-0.2, -0.15) is 5.10 Å². The van der Waals surface area contributed by atoms with Gasteiger partial charge < -0.3 is 4.74 Å². The summed E-state index contributed by atoms with van der Waals surface area (Å²) in [5.41, 5.74) is 4.62. The summed E-state index contributed by atoms with van der Waals surface area (Å²) in [5.74, 6) is 0.458. The van der Waals surface area contributed by atoms with Gasteiger partial charge in [-0.25, -0.2) is 4.98 Å². The number of rotatable bonds is 4. The van der Waals surface area contributed by atoms with Crippen molar-refractivity contribution in [2.24, 2.45) is 5.10 Å². The number of fused-ring (bicyclic) bond motifs is 1. The highest BCUT2D eigenvalue weighted by molar-refractivity contribution is 7.22. The van der Waals surface area contributed by atoms with E-state index in [-0.39, 0.29) is 0 Å². The first-order chi connectivity index (χ1) is 10.7. The molecule has 0 spiro atoms. The smallest absolute Gasteiger partial charge is 0.204 e. The third kappa shape index (κ3) is 3.16. The largest absolute Gasteiger partial charge is 0.494 e. The van der Waals surface area contributed by atoms with Crippen molar-refractivity contribution in [1.82, 2.24) is 4.98 Å². The van der Waals surface area contributed by atoms with Crippen molar-refractivity contribution in [3.8, 4) is 5.75 Å². The highest BCUT2D eigenvalue weighted by Gasteiger charge is 2.07. The van der Waals surface area contributed by atoms with Crippen LogP contribution in [0.5, 0.6) is 5.75 Å². The molecule has 2 aromatic carbocycles. The predicted octanol–water partition coefficient (Wildman–Crippen LogP) is 5.06. The zero-order valence-corrected chi connectivity index (χ0v) is 13.8. The molecule has 4 nitrogen and oxygen atoms in total. The molecule has 0 bridgehead atoms. The van der Waals surface area contributed by atoms with Gasteiger partial charge in [-0.15, -0.1) is 0 Å². The molecule has 1 heterocycles. The molecule has 22 heavy (non-hydrogen) atoms. The molecule has 0 saturated carbocycles. The average Bonchev–Trinajstić information content (AvgIpc) is 2.89. The van der Waals surface area contributed by atoms with Crippen molar-refractivity contribution in [3.05, 3.63) is 52.0 Å². The summed E-state index contributed by atoms with van der Waals surface area (Å²) in [5, 5.41) is 5.77. The number of halogens is 2. The van der Waals surface area contributed by atoms with Crippen LogP contribution < -0.4 is 10.2 Å². The Morgan fingerprint density at radius 3 is 2.64 bits per heavy atom. The van der Waals surface area contributed by atoms with Crippen LogP contribution in [0.25, 0.3) is 10.2 Å². The van der Waals surface area contributed by atoms with Crippen molar-refractivity contribution in [2.45, 2.75) is 0 Å². The van der Waals surface area contributed by atoms with E-state index < -0.39 is 0 Å². The average molecular weight is 352 g/mol. The van der Waals surface area contributed by atoms with Gasteiger partial charge in [-0.3, -0.25) is 5.43 Å². The van der Waals surface area contributed by atoms with Crippen LogP contribution in [0.15, 0.2) is 41.5 Å². The number of hydrogen-bond acceptors (Lipinski definition) is 5. The number of ether oxygens (including phenoxy) is 1. The fourth-order valence-electron chi connectivity index (χ4n) is 1.93. The summed E-state index contributed by atoms with van der Waals surface area (Å²) in [6.45, 7) is 0. The molecular weight excluding hydrogens is 341 g/mol. The first-order valence-electron chi connectivity index (χ1n) is 6.35. The number of para-hydroxylation sites is 1. The highest BCUT2D eigenvalue weighted by Crippen LogP contribution is 2.33. The number of benzene rings is 2. The Bertz CT molecular complexity index is 792. The van der Waals surface area contributed by atoms with Crippen LogP contribution in [-0.2, 0) is 0 Å². The quantitative estimate of drug-likeness (QED) is 0.527. The molecule has 7 heteroatoms. The molecule has 0 atom stereocenters. The fourth-order valence-corrected chi connectivity index (χ4v) is 3.40. The van der Waals surface area contributed by atoms with Crippen molar-refractivity contribution < 1.29 is 4.74 Å². The maximum Gasteiger partial charge on any atom is 0.204 e. The number of thiazole rings is 1. The van der Waals surface area contributed by atoms with E-state index >= 15 is 0 Å². The lowest BCUT2D eigenvalue weighted by Crippen LogP contribution is -1.92. The highest BCUT2D eigenvalue weighted by atomic mass is 35.5. The van der Waals surface area contributed by atoms with Gasteiger partial charge in [0.15, 0.2) is 5.75 Å². The van der Waals surface area contributed by atoms with E-state index in [0.29, 0.717) is 15.8 Å². The first-order valence-corrected chi connectivity index (χ1v) is 7.92. The van der Waals surface area contributed by atoms with E-state index in [1.807, 2.05) is 24.3 Å². The number of hydrazone groups is 1. The minimum Gasteiger partial charge on any atom is -0.494 e. The van der Waals surface area contributed by atoms with Crippen LogP contribution in [0.2, 0.25) is 10.0 Å². The van der Waals surface area contributed by atoms with Gasteiger partial charge in [-0.05, 0) is 29.8 Å². The number of aromatic nitrogens is 1. The fraction of sp³-hybridized carbons (Fsp3) is 0.0667. The summed E-state index contributed by atoms with van der Waals surface area (Å²) in [6.07, 6.45) is 1.63. The van der Waals surface area contributed by atoms with Gasteiger partial charge in [0.05, 0.1) is 33.6 Å². The second-order valence-corrected chi connectivity index (χ2v) is 6.22. The van der Waals surface area contributed by atoms with Crippen molar-refractivity contribution in [3.63, 3.8) is 0 Å².